The Morgan fingerprint density at radius 1 is 0.971 bits per heavy atom. The van der Waals surface area contributed by atoms with Crippen LogP contribution in [0.2, 0.25) is 0 Å². The van der Waals surface area contributed by atoms with E-state index in [0.717, 1.165) is 33.4 Å². The second-order valence-corrected chi connectivity index (χ2v) is 20.0. The van der Waals surface area contributed by atoms with Gasteiger partial charge in [-0.05, 0) is 87.9 Å². The maximum Gasteiger partial charge on any atom is 0.408 e. The number of likely N-dealkylation sites (N-methyl/N-ethyl adjacent to an activating group) is 1. The molecule has 0 saturated carbocycles. The van der Waals surface area contributed by atoms with Crippen LogP contribution in [-0.2, 0) is 31.8 Å². The number of esters is 1. The van der Waals surface area contributed by atoms with Crippen molar-refractivity contribution in [1.29, 1.82) is 5.26 Å². The van der Waals surface area contributed by atoms with E-state index in [4.69, 9.17) is 37.9 Å². The number of hydrogen-bond acceptors (Lipinski definition) is 14. The van der Waals surface area contributed by atoms with Gasteiger partial charge in [-0.15, -0.1) is 0 Å². The van der Waals surface area contributed by atoms with E-state index in [-0.39, 0.29) is 56.6 Å². The maximum absolute atomic E-state index is 14.8. The number of thioether (sulfide) groups is 1. The van der Waals surface area contributed by atoms with Gasteiger partial charge in [-0.2, -0.15) is 17.0 Å². The molecule has 1 aliphatic carbocycles. The Hall–Kier alpha value is -5.92. The van der Waals surface area contributed by atoms with Gasteiger partial charge in [0.15, 0.2) is 29.8 Å². The predicted molar refractivity (Wildman–Crippen MR) is 258 cm³/mol. The number of carbonyl (C=O) groups excluding carboxylic acids is 2. The molecule has 9 rings (SSSR count). The van der Waals surface area contributed by atoms with Gasteiger partial charge in [0.05, 0.1) is 25.3 Å². The number of alkyl carbamates (subject to hydrolysis) is 1. The first-order valence-corrected chi connectivity index (χ1v) is 24.3. The van der Waals surface area contributed by atoms with Crippen LogP contribution in [0.1, 0.15) is 83.3 Å². The first-order valence-electron chi connectivity index (χ1n) is 23.1. The minimum atomic E-state index is -1.07. The molecule has 4 heterocycles. The van der Waals surface area contributed by atoms with Crippen molar-refractivity contribution in [2.45, 2.75) is 95.2 Å². The largest absolute Gasteiger partial charge is 0.493 e. The fourth-order valence-electron chi connectivity index (χ4n) is 11.2. The average molecular weight is 945 g/mol. The Balaban J connectivity index is 1.10. The molecule has 14 nitrogen and oxygen atoms in total. The number of nitrogens with one attached hydrogen (secondary N) is 1. The van der Waals surface area contributed by atoms with E-state index in [0.29, 0.717) is 47.3 Å². The molecule has 1 N–H and O–H groups in total. The van der Waals surface area contributed by atoms with Crippen LogP contribution in [0.25, 0.3) is 11.1 Å². The Labute approximate surface area is 402 Å². The van der Waals surface area contributed by atoms with Gasteiger partial charge < -0.3 is 43.2 Å². The van der Waals surface area contributed by atoms with Gasteiger partial charge in [0.25, 0.3) is 0 Å². The second-order valence-electron chi connectivity index (χ2n) is 19.0. The monoisotopic (exact) mass is 944 g/mol. The zero-order valence-corrected chi connectivity index (χ0v) is 40.8. The molecule has 5 aliphatic rings. The number of nitrogens with zero attached hydrogens (tertiary/aromatic N) is 3. The van der Waals surface area contributed by atoms with Crippen molar-refractivity contribution < 1.29 is 47.5 Å². The Morgan fingerprint density at radius 2 is 1.68 bits per heavy atom. The van der Waals surface area contributed by atoms with E-state index in [1.54, 1.807) is 52.8 Å². The highest BCUT2D eigenvalue weighted by Crippen LogP contribution is 2.59. The third-order valence-electron chi connectivity index (χ3n) is 13.8. The van der Waals surface area contributed by atoms with Crippen LogP contribution in [0.15, 0.2) is 67.3 Å². The maximum atomic E-state index is 14.8. The quantitative estimate of drug-likeness (QED) is 0.0691. The van der Waals surface area contributed by atoms with Crippen LogP contribution >= 0.6 is 11.8 Å². The van der Waals surface area contributed by atoms with Gasteiger partial charge in [-0.25, -0.2) is 9.59 Å². The number of benzene rings is 4. The number of piperazine rings is 1. The van der Waals surface area contributed by atoms with E-state index in [9.17, 15) is 14.9 Å². The van der Waals surface area contributed by atoms with Crippen molar-refractivity contribution in [3.63, 3.8) is 0 Å². The molecule has 0 spiro atoms. The number of carbonyl (C=O) groups is 2. The lowest BCUT2D eigenvalue weighted by Gasteiger charge is -2.60. The average Bonchev–Trinajstić information content (AvgIpc) is 3.93. The second kappa shape index (κ2) is 19.2. The van der Waals surface area contributed by atoms with Crippen LogP contribution < -0.4 is 29.0 Å². The third-order valence-corrected chi connectivity index (χ3v) is 14.9. The van der Waals surface area contributed by atoms with Crippen LogP contribution in [0.5, 0.6) is 28.7 Å². The molecule has 358 valence electrons. The molecule has 68 heavy (non-hydrogen) atoms. The Bertz CT molecular complexity index is 2610. The zero-order valence-electron chi connectivity index (χ0n) is 40.0. The smallest absolute Gasteiger partial charge is 0.408 e. The molecule has 1 amide bonds. The van der Waals surface area contributed by atoms with Gasteiger partial charge in [-0.1, -0.05) is 67.3 Å². The first-order chi connectivity index (χ1) is 32.8. The van der Waals surface area contributed by atoms with Crippen LogP contribution in [0.4, 0.5) is 4.79 Å². The summed E-state index contributed by atoms with van der Waals surface area (Å²) < 4.78 is 48.9. The molecule has 0 radical (unpaired) electrons. The third kappa shape index (κ3) is 8.39. The van der Waals surface area contributed by atoms with Crippen molar-refractivity contribution in [3.05, 3.63) is 112 Å². The number of rotatable bonds is 15. The first kappa shape index (κ1) is 47.2. The molecule has 4 aromatic rings. The van der Waals surface area contributed by atoms with E-state index in [1.807, 2.05) is 13.8 Å². The van der Waals surface area contributed by atoms with E-state index in [1.165, 1.54) is 22.3 Å². The van der Waals surface area contributed by atoms with Crippen LogP contribution in [-0.4, -0.2) is 111 Å². The minimum absolute atomic E-state index is 0.00294. The number of nitriles is 1. The fourth-order valence-corrected chi connectivity index (χ4v) is 12.4. The molecule has 4 aromatic carbocycles. The van der Waals surface area contributed by atoms with Crippen molar-refractivity contribution in [2.24, 2.45) is 0 Å². The predicted octanol–water partition coefficient (Wildman–Crippen LogP) is 8.34. The van der Waals surface area contributed by atoms with Gasteiger partial charge >= 0.3 is 12.1 Å². The number of fused-ring (bicyclic) bond motifs is 12. The van der Waals surface area contributed by atoms with Gasteiger partial charge in [0, 0.05) is 58.9 Å². The number of amides is 1. The molecule has 1 fully saturated rings. The fraction of sp³-hybridized carbons (Fsp3) is 0.453. The number of aryl methyl sites for hydroxylation is 1. The lowest BCUT2D eigenvalue weighted by Crippen LogP contribution is -2.68. The summed E-state index contributed by atoms with van der Waals surface area (Å²) in [5.41, 5.74) is 9.37. The minimum Gasteiger partial charge on any atom is -0.493 e. The molecule has 2 bridgehead atoms. The van der Waals surface area contributed by atoms with Crippen LogP contribution in [0.3, 0.4) is 0 Å². The topological polar surface area (TPSA) is 150 Å². The van der Waals surface area contributed by atoms with E-state index in [2.05, 4.69) is 89.4 Å². The highest BCUT2D eigenvalue weighted by molar-refractivity contribution is 7.99. The molecular weight excluding hydrogens is 885 g/mol. The van der Waals surface area contributed by atoms with E-state index < -0.39 is 35.8 Å². The summed E-state index contributed by atoms with van der Waals surface area (Å²) in [6.45, 7) is 13.2. The Morgan fingerprint density at radius 3 is 2.34 bits per heavy atom. The number of ether oxygens (including phenoxy) is 8. The normalized spacial score (nSPS) is 21.5. The number of hydrogen-bond donors (Lipinski definition) is 1. The summed E-state index contributed by atoms with van der Waals surface area (Å²) in [5.74, 6) is 3.24. The van der Waals surface area contributed by atoms with Crippen LogP contribution in [0, 0.1) is 25.2 Å². The molecule has 15 heteroatoms. The van der Waals surface area contributed by atoms with Crippen molar-refractivity contribution in [2.75, 3.05) is 59.6 Å². The van der Waals surface area contributed by atoms with Gasteiger partial charge in [0.2, 0.25) is 6.79 Å². The highest BCUT2D eigenvalue weighted by atomic mass is 32.2. The van der Waals surface area contributed by atoms with Gasteiger partial charge in [0.1, 0.15) is 36.6 Å². The summed E-state index contributed by atoms with van der Waals surface area (Å²) in [4.78, 5) is 32.7. The number of methoxy groups -OCH3 is 2. The van der Waals surface area contributed by atoms with Gasteiger partial charge in [-0.3, -0.25) is 9.80 Å². The molecular formula is C53H60N4O10S. The molecule has 1 saturated heterocycles. The lowest BCUT2D eigenvalue weighted by atomic mass is 9.71. The lowest BCUT2D eigenvalue weighted by molar-refractivity contribution is -0.151. The van der Waals surface area contributed by atoms with E-state index >= 15 is 0 Å². The van der Waals surface area contributed by atoms with Crippen molar-refractivity contribution in [3.8, 4) is 45.9 Å². The van der Waals surface area contributed by atoms with Crippen molar-refractivity contribution >= 4 is 23.8 Å². The highest BCUT2D eigenvalue weighted by Gasteiger charge is 2.57. The SMILES string of the molecule is C=CCOc1c(C)c2c(c3c1CC1[C@H]4c5c(cc(C)c(OC)c5OCOC)C[C@@H](C(C#N)N1[C@H]3COC(=O)[C@@H](CSCC1c3ccccc3-c3ccccc31)NC(=O)OC(C)(C)C)N4C)OCO2. The summed E-state index contributed by atoms with van der Waals surface area (Å²) in [6.07, 6.45) is 1.96. The molecule has 0 aromatic heterocycles. The summed E-state index contributed by atoms with van der Waals surface area (Å²) in [7, 11) is 5.28. The molecule has 6 atom stereocenters. The summed E-state index contributed by atoms with van der Waals surface area (Å²) in [5, 5.41) is 14.2. The molecule has 2 unspecified atom stereocenters. The molecule has 4 aliphatic heterocycles. The summed E-state index contributed by atoms with van der Waals surface area (Å²) in [6, 6.07) is 18.3. The summed E-state index contributed by atoms with van der Waals surface area (Å²) >= 11 is 1.57. The van der Waals surface area contributed by atoms with Crippen molar-refractivity contribution in [1.82, 2.24) is 15.1 Å². The Kier molecular flexibility index (Phi) is 13.3. The zero-order chi connectivity index (χ0) is 48.0. The standard InChI is InChI=1S/C53H60N4O10S/c1-10-19-62-47-30(3)48-50(66-28-65-48)44-36(47)22-40-45-43-31(20-29(2)46(61-9)49(43)64-27-60-8)21-39(56(45)7)41(23-54)57(40)42(44)24-63-51(58)38(55-52(59)67-53(4,5)6)26-68-25-37-34-17-13-11-15-32(34)33-16-12-14-18-35(33)37/h10-18,20,37-42,45H,1,19,21-22,24-28H2,2-9H3,(H,55,59)/t38-,39+,40?,41?,42+,45+/m1/s1.